The summed E-state index contributed by atoms with van der Waals surface area (Å²) in [6, 6.07) is 12.7. The lowest BCUT2D eigenvalue weighted by Crippen LogP contribution is -2.28. The molecule has 0 spiro atoms. The number of benzene rings is 2. The molecule has 1 heterocycles. The lowest BCUT2D eigenvalue weighted by molar-refractivity contribution is -0.122. The van der Waals surface area contributed by atoms with Crippen LogP contribution in [0, 0.1) is 12.8 Å². The number of carbonyl (C=O) groups excluding carboxylic acids is 2. The Morgan fingerprint density at radius 2 is 1.96 bits per heavy atom. The van der Waals surface area contributed by atoms with Gasteiger partial charge in [-0.2, -0.15) is 0 Å². The van der Waals surface area contributed by atoms with E-state index in [9.17, 15) is 9.59 Å². The van der Waals surface area contributed by atoms with Crippen LogP contribution in [-0.4, -0.2) is 18.4 Å². The summed E-state index contributed by atoms with van der Waals surface area (Å²) in [6.45, 7) is 2.34. The van der Waals surface area contributed by atoms with Crippen molar-refractivity contribution in [3.8, 4) is 0 Å². The topological polar surface area (TPSA) is 49.4 Å². The van der Waals surface area contributed by atoms with E-state index in [1.54, 1.807) is 29.2 Å². The van der Waals surface area contributed by atoms with E-state index in [-0.39, 0.29) is 24.2 Å². The monoisotopic (exact) mass is 406 g/mol. The molecule has 0 unspecified atom stereocenters. The standard InChI is InChI=1S/C18H16BrClN2O2/c1-11-8-14(4-7-16(11)19)21-18(24)12-9-17(23)22(10-12)15-5-2-13(20)3-6-15/h2-8,12H,9-10H2,1H3,(H,21,24)/t12-/m0/s1. The van der Waals surface area contributed by atoms with Gasteiger partial charge in [0.2, 0.25) is 11.8 Å². The number of rotatable bonds is 3. The summed E-state index contributed by atoms with van der Waals surface area (Å²) < 4.78 is 0.991. The Morgan fingerprint density at radius 1 is 1.25 bits per heavy atom. The third-order valence-electron chi connectivity index (χ3n) is 4.06. The molecular weight excluding hydrogens is 392 g/mol. The Balaban J connectivity index is 1.69. The van der Waals surface area contributed by atoms with Crippen LogP contribution in [-0.2, 0) is 9.59 Å². The minimum absolute atomic E-state index is 0.0514. The number of nitrogens with one attached hydrogen (secondary N) is 1. The van der Waals surface area contributed by atoms with E-state index < -0.39 is 0 Å². The number of nitrogens with zero attached hydrogens (tertiary/aromatic N) is 1. The average Bonchev–Trinajstić information content (AvgIpc) is 2.94. The predicted octanol–water partition coefficient (Wildman–Crippen LogP) is 4.40. The molecular formula is C18H16BrClN2O2. The number of carbonyl (C=O) groups is 2. The molecule has 2 aromatic rings. The highest BCUT2D eigenvalue weighted by Gasteiger charge is 2.35. The van der Waals surface area contributed by atoms with Crippen LogP contribution in [0.3, 0.4) is 0 Å². The van der Waals surface area contributed by atoms with Gasteiger partial charge in [0.1, 0.15) is 0 Å². The van der Waals surface area contributed by atoms with Crippen LogP contribution in [0.5, 0.6) is 0 Å². The SMILES string of the molecule is Cc1cc(NC(=O)[C@H]2CC(=O)N(c3ccc(Cl)cc3)C2)ccc1Br. The van der Waals surface area contributed by atoms with Gasteiger partial charge in [-0.25, -0.2) is 0 Å². The number of anilines is 2. The average molecular weight is 408 g/mol. The van der Waals surface area contributed by atoms with Gasteiger partial charge < -0.3 is 10.2 Å². The summed E-state index contributed by atoms with van der Waals surface area (Å²) >= 11 is 9.31. The Bertz CT molecular complexity index is 792. The van der Waals surface area contributed by atoms with E-state index in [1.807, 2.05) is 25.1 Å². The number of halogens is 2. The second-order valence-corrected chi connectivity index (χ2v) is 7.13. The zero-order chi connectivity index (χ0) is 17.3. The molecule has 1 aliphatic heterocycles. The van der Waals surface area contributed by atoms with Crippen LogP contribution < -0.4 is 10.2 Å². The molecule has 4 nitrogen and oxygen atoms in total. The summed E-state index contributed by atoms with van der Waals surface area (Å²) in [5.41, 5.74) is 2.54. The molecule has 24 heavy (non-hydrogen) atoms. The van der Waals surface area contributed by atoms with Crippen molar-refractivity contribution in [3.05, 3.63) is 57.5 Å². The van der Waals surface area contributed by atoms with Gasteiger partial charge in [-0.15, -0.1) is 0 Å². The van der Waals surface area contributed by atoms with Gasteiger partial charge in [-0.3, -0.25) is 9.59 Å². The highest BCUT2D eigenvalue weighted by Crippen LogP contribution is 2.27. The van der Waals surface area contributed by atoms with Crippen molar-refractivity contribution in [3.63, 3.8) is 0 Å². The normalized spacial score (nSPS) is 17.2. The Morgan fingerprint density at radius 3 is 2.62 bits per heavy atom. The molecule has 0 aliphatic carbocycles. The van der Waals surface area contributed by atoms with Crippen LogP contribution in [0.2, 0.25) is 5.02 Å². The second-order valence-electron chi connectivity index (χ2n) is 5.84. The molecule has 3 rings (SSSR count). The smallest absolute Gasteiger partial charge is 0.229 e. The second kappa shape index (κ2) is 6.95. The van der Waals surface area contributed by atoms with Gasteiger partial charge in [0.15, 0.2) is 0 Å². The van der Waals surface area contributed by atoms with Gasteiger partial charge >= 0.3 is 0 Å². The van der Waals surface area contributed by atoms with E-state index in [0.29, 0.717) is 11.6 Å². The third-order valence-corrected chi connectivity index (χ3v) is 5.20. The first kappa shape index (κ1) is 17.0. The molecule has 2 amide bonds. The summed E-state index contributed by atoms with van der Waals surface area (Å²) in [5.74, 6) is -0.553. The third kappa shape index (κ3) is 3.62. The van der Waals surface area contributed by atoms with Gasteiger partial charge in [0.25, 0.3) is 0 Å². The highest BCUT2D eigenvalue weighted by atomic mass is 79.9. The minimum atomic E-state index is -0.364. The fourth-order valence-corrected chi connectivity index (χ4v) is 3.09. The molecule has 1 atom stereocenters. The molecule has 1 fully saturated rings. The largest absolute Gasteiger partial charge is 0.326 e. The molecule has 0 bridgehead atoms. The Hall–Kier alpha value is -1.85. The molecule has 124 valence electrons. The first-order chi connectivity index (χ1) is 11.4. The fraction of sp³-hybridized carbons (Fsp3) is 0.222. The van der Waals surface area contributed by atoms with Crippen molar-refractivity contribution in [1.82, 2.24) is 0 Å². The van der Waals surface area contributed by atoms with Crippen LogP contribution in [0.25, 0.3) is 0 Å². The molecule has 0 aromatic heterocycles. The molecule has 1 N–H and O–H groups in total. The highest BCUT2D eigenvalue weighted by molar-refractivity contribution is 9.10. The lowest BCUT2D eigenvalue weighted by atomic mass is 10.1. The maximum atomic E-state index is 12.5. The molecule has 1 saturated heterocycles. The molecule has 6 heteroatoms. The number of amides is 2. The molecule has 0 saturated carbocycles. The summed E-state index contributed by atoms with van der Waals surface area (Å²) in [7, 11) is 0. The van der Waals surface area contributed by atoms with Gasteiger partial charge in [0.05, 0.1) is 5.92 Å². The molecule has 0 radical (unpaired) electrons. The zero-order valence-electron chi connectivity index (χ0n) is 13.1. The molecule has 2 aromatic carbocycles. The summed E-state index contributed by atoms with van der Waals surface area (Å²) in [4.78, 5) is 26.3. The summed E-state index contributed by atoms with van der Waals surface area (Å²) in [5, 5.41) is 3.51. The van der Waals surface area contributed by atoms with Crippen LogP contribution in [0.1, 0.15) is 12.0 Å². The van der Waals surface area contributed by atoms with Crippen LogP contribution in [0.4, 0.5) is 11.4 Å². The van der Waals surface area contributed by atoms with E-state index in [4.69, 9.17) is 11.6 Å². The maximum absolute atomic E-state index is 12.5. The zero-order valence-corrected chi connectivity index (χ0v) is 15.4. The number of aryl methyl sites for hydroxylation is 1. The Kier molecular flexibility index (Phi) is 4.92. The van der Waals surface area contributed by atoms with E-state index in [0.717, 1.165) is 21.4 Å². The van der Waals surface area contributed by atoms with Gasteiger partial charge in [-0.05, 0) is 55.0 Å². The first-order valence-electron chi connectivity index (χ1n) is 7.57. The van der Waals surface area contributed by atoms with Crippen molar-refractivity contribution in [2.45, 2.75) is 13.3 Å². The van der Waals surface area contributed by atoms with Crippen molar-refractivity contribution in [2.24, 2.45) is 5.92 Å². The lowest BCUT2D eigenvalue weighted by Gasteiger charge is -2.17. The van der Waals surface area contributed by atoms with Crippen molar-refractivity contribution in [2.75, 3.05) is 16.8 Å². The van der Waals surface area contributed by atoms with E-state index >= 15 is 0 Å². The molecule has 1 aliphatic rings. The first-order valence-corrected chi connectivity index (χ1v) is 8.74. The van der Waals surface area contributed by atoms with Crippen LogP contribution in [0.15, 0.2) is 46.9 Å². The fourth-order valence-electron chi connectivity index (χ4n) is 2.72. The summed E-state index contributed by atoms with van der Waals surface area (Å²) in [6.07, 6.45) is 0.212. The van der Waals surface area contributed by atoms with E-state index in [2.05, 4.69) is 21.2 Å². The number of hydrogen-bond acceptors (Lipinski definition) is 2. The van der Waals surface area contributed by atoms with Crippen molar-refractivity contribution < 1.29 is 9.59 Å². The van der Waals surface area contributed by atoms with Crippen molar-refractivity contribution in [1.29, 1.82) is 0 Å². The van der Waals surface area contributed by atoms with Gasteiger partial charge in [0, 0.05) is 33.8 Å². The Labute approximate surface area is 153 Å². The number of hydrogen-bond donors (Lipinski definition) is 1. The quantitative estimate of drug-likeness (QED) is 0.819. The van der Waals surface area contributed by atoms with Crippen molar-refractivity contribution >= 4 is 50.7 Å². The maximum Gasteiger partial charge on any atom is 0.229 e. The van der Waals surface area contributed by atoms with E-state index in [1.165, 1.54) is 0 Å². The van der Waals surface area contributed by atoms with Crippen LogP contribution >= 0.6 is 27.5 Å². The minimum Gasteiger partial charge on any atom is -0.326 e. The predicted molar refractivity (Wildman–Crippen MR) is 99.4 cm³/mol. The van der Waals surface area contributed by atoms with Gasteiger partial charge in [-0.1, -0.05) is 27.5 Å².